The van der Waals surface area contributed by atoms with Crippen LogP contribution < -0.4 is 4.74 Å². The van der Waals surface area contributed by atoms with Gasteiger partial charge in [0.05, 0.1) is 11.4 Å². The fourth-order valence-electron chi connectivity index (χ4n) is 3.27. The third-order valence-electron chi connectivity index (χ3n) is 5.01. The molecular weight excluding hydrogens is 404 g/mol. The Balaban J connectivity index is 1.81. The first-order valence-corrected chi connectivity index (χ1v) is 9.89. The molecule has 4 aromatic rings. The Hall–Kier alpha value is -4.45. The molecule has 0 saturated heterocycles. The first-order chi connectivity index (χ1) is 15.5. The van der Waals surface area contributed by atoms with E-state index in [-0.39, 0.29) is 23.7 Å². The minimum atomic E-state index is -0.159. The van der Waals surface area contributed by atoms with Crippen molar-refractivity contribution in [1.29, 1.82) is 0 Å². The van der Waals surface area contributed by atoms with E-state index in [1.807, 2.05) is 67.6 Å². The highest BCUT2D eigenvalue weighted by atomic mass is 16.5. The van der Waals surface area contributed by atoms with Crippen molar-refractivity contribution >= 4 is 17.8 Å². The van der Waals surface area contributed by atoms with Crippen molar-refractivity contribution in [1.82, 2.24) is 0 Å². The molecule has 6 nitrogen and oxygen atoms in total. The summed E-state index contributed by atoms with van der Waals surface area (Å²) in [4.78, 5) is 10.6. The van der Waals surface area contributed by atoms with Gasteiger partial charge < -0.3 is 14.9 Å². The molecule has 158 valence electrons. The second-order valence-corrected chi connectivity index (χ2v) is 7.17. The quantitative estimate of drug-likeness (QED) is 0.266. The molecule has 0 aliphatic rings. The Morgan fingerprint density at radius 3 is 2.16 bits per heavy atom. The molecule has 0 aliphatic heterocycles. The standard InChI is InChI=1S/C26H20N2O4/c1-17-7-8-19(14-24(17)30)18-9-11-22(20-10-12-26(32-16-29)25(31)15-20)23(13-18)28-27-21-5-3-2-4-6-21/h2-16,30-31H,1H3/b28-27+. The largest absolute Gasteiger partial charge is 0.508 e. The zero-order valence-corrected chi connectivity index (χ0v) is 17.3. The smallest absolute Gasteiger partial charge is 0.298 e. The number of nitrogens with zero attached hydrogens (tertiary/aromatic N) is 2. The number of hydrogen-bond donors (Lipinski definition) is 2. The molecule has 4 aromatic carbocycles. The van der Waals surface area contributed by atoms with E-state index in [4.69, 9.17) is 4.74 Å². The second kappa shape index (κ2) is 9.14. The maximum Gasteiger partial charge on any atom is 0.298 e. The first kappa shape index (κ1) is 20.8. The molecule has 0 aliphatic carbocycles. The van der Waals surface area contributed by atoms with E-state index in [2.05, 4.69) is 10.2 Å². The van der Waals surface area contributed by atoms with E-state index >= 15 is 0 Å². The van der Waals surface area contributed by atoms with Crippen LogP contribution in [-0.4, -0.2) is 16.7 Å². The SMILES string of the molecule is Cc1ccc(-c2ccc(-c3ccc(OC=O)c(O)c3)c(/N=N/c3ccccc3)c2)cc1O. The van der Waals surface area contributed by atoms with Crippen LogP contribution in [0.15, 0.2) is 95.2 Å². The van der Waals surface area contributed by atoms with Gasteiger partial charge in [0.25, 0.3) is 6.47 Å². The zero-order chi connectivity index (χ0) is 22.5. The fourth-order valence-corrected chi connectivity index (χ4v) is 3.27. The van der Waals surface area contributed by atoms with Gasteiger partial charge in [-0.1, -0.05) is 48.5 Å². The number of rotatable bonds is 6. The molecular formula is C26H20N2O4. The van der Waals surface area contributed by atoms with Gasteiger partial charge in [0.1, 0.15) is 5.75 Å². The lowest BCUT2D eigenvalue weighted by Gasteiger charge is -2.11. The summed E-state index contributed by atoms with van der Waals surface area (Å²) in [5, 5.41) is 29.1. The van der Waals surface area contributed by atoms with Crippen LogP contribution >= 0.6 is 0 Å². The number of benzene rings is 4. The Morgan fingerprint density at radius 1 is 0.750 bits per heavy atom. The van der Waals surface area contributed by atoms with Crippen LogP contribution in [0.4, 0.5) is 11.4 Å². The zero-order valence-electron chi connectivity index (χ0n) is 17.3. The number of carbonyl (C=O) groups is 1. The molecule has 0 spiro atoms. The van der Waals surface area contributed by atoms with Crippen molar-refractivity contribution in [3.8, 4) is 39.5 Å². The lowest BCUT2D eigenvalue weighted by atomic mass is 9.97. The molecule has 0 heterocycles. The summed E-state index contributed by atoms with van der Waals surface area (Å²) in [6.07, 6.45) is 0. The van der Waals surface area contributed by atoms with E-state index in [0.717, 1.165) is 22.3 Å². The molecule has 2 N–H and O–H groups in total. The average molecular weight is 424 g/mol. The minimum absolute atomic E-state index is 0.0722. The van der Waals surface area contributed by atoms with Crippen LogP contribution in [0.1, 0.15) is 5.56 Å². The number of hydrogen-bond acceptors (Lipinski definition) is 6. The summed E-state index contributed by atoms with van der Waals surface area (Å²) in [5.41, 5.74) is 5.19. The van der Waals surface area contributed by atoms with Crippen LogP contribution in [0.3, 0.4) is 0 Å². The first-order valence-electron chi connectivity index (χ1n) is 9.89. The van der Waals surface area contributed by atoms with Crippen LogP contribution in [0.2, 0.25) is 0 Å². The van der Waals surface area contributed by atoms with Crippen molar-refractivity contribution in [3.05, 3.63) is 90.5 Å². The van der Waals surface area contributed by atoms with Crippen molar-refractivity contribution in [2.24, 2.45) is 10.2 Å². The van der Waals surface area contributed by atoms with E-state index in [1.54, 1.807) is 12.1 Å². The molecule has 0 fully saturated rings. The Bertz CT molecular complexity index is 1300. The third kappa shape index (κ3) is 4.49. The van der Waals surface area contributed by atoms with Crippen molar-refractivity contribution in [2.75, 3.05) is 0 Å². The number of phenolic OH excluding ortho intramolecular Hbond substituents is 2. The van der Waals surface area contributed by atoms with Gasteiger partial charge in [-0.15, -0.1) is 5.11 Å². The Kier molecular flexibility index (Phi) is 5.94. The van der Waals surface area contributed by atoms with Crippen LogP contribution in [-0.2, 0) is 4.79 Å². The monoisotopic (exact) mass is 424 g/mol. The highest BCUT2D eigenvalue weighted by Crippen LogP contribution is 2.39. The normalized spacial score (nSPS) is 10.9. The minimum Gasteiger partial charge on any atom is -0.508 e. The van der Waals surface area contributed by atoms with E-state index in [0.29, 0.717) is 16.9 Å². The highest BCUT2D eigenvalue weighted by molar-refractivity contribution is 5.82. The molecule has 0 radical (unpaired) electrons. The lowest BCUT2D eigenvalue weighted by Crippen LogP contribution is -1.89. The molecule has 0 bridgehead atoms. The second-order valence-electron chi connectivity index (χ2n) is 7.17. The molecule has 0 amide bonds. The summed E-state index contributed by atoms with van der Waals surface area (Å²) in [6.45, 7) is 2.10. The van der Waals surface area contributed by atoms with E-state index in [9.17, 15) is 15.0 Å². The maximum absolute atomic E-state index is 10.6. The number of aromatic hydroxyl groups is 2. The van der Waals surface area contributed by atoms with Crippen molar-refractivity contribution in [2.45, 2.75) is 6.92 Å². The van der Waals surface area contributed by atoms with Crippen molar-refractivity contribution < 1.29 is 19.7 Å². The number of phenols is 2. The van der Waals surface area contributed by atoms with Gasteiger partial charge in [0, 0.05) is 5.56 Å². The maximum atomic E-state index is 10.6. The fraction of sp³-hybridized carbons (Fsp3) is 0.0385. The molecule has 0 unspecified atom stereocenters. The van der Waals surface area contributed by atoms with Crippen LogP contribution in [0.25, 0.3) is 22.3 Å². The molecule has 4 rings (SSSR count). The summed E-state index contributed by atoms with van der Waals surface area (Å²) >= 11 is 0. The lowest BCUT2D eigenvalue weighted by molar-refractivity contribution is -0.120. The molecule has 6 heteroatoms. The predicted molar refractivity (Wildman–Crippen MR) is 123 cm³/mol. The number of azo groups is 1. The summed E-state index contributed by atoms with van der Waals surface area (Å²) in [6, 6.07) is 25.3. The topological polar surface area (TPSA) is 91.5 Å². The third-order valence-corrected chi connectivity index (χ3v) is 5.01. The molecule has 0 saturated carbocycles. The van der Waals surface area contributed by atoms with Gasteiger partial charge in [0.2, 0.25) is 0 Å². The number of carbonyl (C=O) groups excluding carboxylic acids is 1. The van der Waals surface area contributed by atoms with Gasteiger partial charge in [-0.2, -0.15) is 5.11 Å². The summed E-state index contributed by atoms with van der Waals surface area (Å²) in [7, 11) is 0. The molecule has 0 aromatic heterocycles. The van der Waals surface area contributed by atoms with Gasteiger partial charge in [0.15, 0.2) is 11.5 Å². The van der Waals surface area contributed by atoms with Crippen LogP contribution in [0, 0.1) is 6.92 Å². The Morgan fingerprint density at radius 2 is 1.44 bits per heavy atom. The number of ether oxygens (including phenoxy) is 1. The highest BCUT2D eigenvalue weighted by Gasteiger charge is 2.12. The van der Waals surface area contributed by atoms with E-state index in [1.165, 1.54) is 12.1 Å². The summed E-state index contributed by atoms with van der Waals surface area (Å²) in [5.74, 6) is 0.130. The average Bonchev–Trinajstić information content (AvgIpc) is 2.81. The summed E-state index contributed by atoms with van der Waals surface area (Å²) < 4.78 is 4.76. The van der Waals surface area contributed by atoms with Gasteiger partial charge in [-0.25, -0.2) is 0 Å². The predicted octanol–water partition coefficient (Wildman–Crippen LogP) is 6.69. The van der Waals surface area contributed by atoms with Crippen molar-refractivity contribution in [3.63, 3.8) is 0 Å². The number of aryl methyl sites for hydroxylation is 1. The van der Waals surface area contributed by atoms with Gasteiger partial charge in [-0.05, 0) is 65.6 Å². The molecule has 32 heavy (non-hydrogen) atoms. The van der Waals surface area contributed by atoms with Gasteiger partial charge >= 0.3 is 0 Å². The van der Waals surface area contributed by atoms with Crippen LogP contribution in [0.5, 0.6) is 17.2 Å². The van der Waals surface area contributed by atoms with Gasteiger partial charge in [-0.3, -0.25) is 4.79 Å². The van der Waals surface area contributed by atoms with E-state index < -0.39 is 0 Å². The Labute approximate surface area is 185 Å². The molecule has 0 atom stereocenters.